The smallest absolute Gasteiger partial charge is 0.326 e. The van der Waals surface area contributed by atoms with Crippen molar-refractivity contribution in [1.29, 1.82) is 0 Å². The Hall–Kier alpha value is -2.15. The topological polar surface area (TPSA) is 83.6 Å². The average Bonchev–Trinajstić information content (AvgIpc) is 3.31. The van der Waals surface area contributed by atoms with Crippen molar-refractivity contribution in [3.63, 3.8) is 0 Å². The van der Waals surface area contributed by atoms with Gasteiger partial charge < -0.3 is 14.4 Å². The molecule has 0 spiro atoms. The largest absolute Gasteiger partial charge is 0.480 e. The van der Waals surface area contributed by atoms with E-state index in [2.05, 4.69) is 4.98 Å². The maximum atomic E-state index is 13.0. The van der Waals surface area contributed by atoms with E-state index in [0.717, 1.165) is 31.2 Å². The van der Waals surface area contributed by atoms with Crippen molar-refractivity contribution in [2.24, 2.45) is 5.92 Å². The van der Waals surface area contributed by atoms with Crippen molar-refractivity contribution >= 4 is 23.2 Å². The van der Waals surface area contributed by atoms with Crippen LogP contribution in [0.3, 0.4) is 0 Å². The van der Waals surface area contributed by atoms with E-state index < -0.39 is 12.0 Å². The molecule has 24 heavy (non-hydrogen) atoms. The highest BCUT2D eigenvalue weighted by Gasteiger charge is 2.48. The Kier molecular flexibility index (Phi) is 3.88. The Morgan fingerprint density at radius 2 is 2.17 bits per heavy atom. The number of rotatable bonds is 3. The molecule has 0 aromatic carbocycles. The Morgan fingerprint density at radius 1 is 1.33 bits per heavy atom. The quantitative estimate of drug-likeness (QED) is 0.922. The molecule has 1 N–H and O–H groups in total. The van der Waals surface area contributed by atoms with Crippen molar-refractivity contribution in [3.05, 3.63) is 29.7 Å². The van der Waals surface area contributed by atoms with Gasteiger partial charge in [0.1, 0.15) is 22.2 Å². The van der Waals surface area contributed by atoms with E-state index >= 15 is 0 Å². The van der Waals surface area contributed by atoms with Crippen LogP contribution < -0.4 is 0 Å². The number of hydrogen-bond donors (Lipinski definition) is 1. The zero-order valence-corrected chi connectivity index (χ0v) is 13.9. The Balaban J connectivity index is 1.63. The monoisotopic (exact) mass is 346 g/mol. The number of carboxylic acid groups (broad SMARTS) is 1. The van der Waals surface area contributed by atoms with E-state index in [1.165, 1.54) is 11.3 Å². The summed E-state index contributed by atoms with van der Waals surface area (Å²) in [7, 11) is 0. The van der Waals surface area contributed by atoms with Crippen molar-refractivity contribution < 1.29 is 19.1 Å². The van der Waals surface area contributed by atoms with Gasteiger partial charge in [-0.1, -0.05) is 12.8 Å². The van der Waals surface area contributed by atoms with Crippen LogP contribution in [-0.4, -0.2) is 39.0 Å². The number of fused-ring (bicyclic) bond motifs is 1. The summed E-state index contributed by atoms with van der Waals surface area (Å²) >= 11 is 1.28. The number of amides is 1. The second-order valence-corrected chi connectivity index (χ2v) is 7.49. The summed E-state index contributed by atoms with van der Waals surface area (Å²) in [6.07, 6.45) is 9.35. The van der Waals surface area contributed by atoms with Gasteiger partial charge in [0.15, 0.2) is 0 Å². The molecule has 7 heteroatoms. The minimum absolute atomic E-state index is 0.0480. The molecule has 6 nitrogen and oxygen atoms in total. The first-order valence-corrected chi connectivity index (χ1v) is 9.00. The number of carbonyl (C=O) groups is 2. The third-order valence-electron chi connectivity index (χ3n) is 5.09. The number of nitrogens with zero attached hydrogens (tertiary/aromatic N) is 2. The molecule has 0 radical (unpaired) electrons. The van der Waals surface area contributed by atoms with Gasteiger partial charge in [0.05, 0.1) is 12.5 Å². The fourth-order valence-electron chi connectivity index (χ4n) is 3.99. The lowest BCUT2D eigenvalue weighted by atomic mass is 9.85. The van der Waals surface area contributed by atoms with E-state index in [1.54, 1.807) is 29.7 Å². The van der Waals surface area contributed by atoms with Gasteiger partial charge in [0.25, 0.3) is 5.91 Å². The van der Waals surface area contributed by atoms with E-state index in [4.69, 9.17) is 4.42 Å². The van der Waals surface area contributed by atoms with Crippen LogP contribution in [0.1, 0.15) is 41.8 Å². The van der Waals surface area contributed by atoms with E-state index in [1.807, 2.05) is 0 Å². The molecule has 1 aliphatic heterocycles. The molecule has 3 atom stereocenters. The Morgan fingerprint density at radius 3 is 2.92 bits per heavy atom. The number of aromatic nitrogens is 1. The molecule has 1 saturated carbocycles. The lowest BCUT2D eigenvalue weighted by molar-refractivity contribution is -0.141. The van der Waals surface area contributed by atoms with Crippen LogP contribution in [0, 0.1) is 5.92 Å². The number of furan rings is 1. The molecule has 2 aliphatic rings. The summed E-state index contributed by atoms with van der Waals surface area (Å²) in [5.74, 6) is -0.800. The van der Waals surface area contributed by atoms with Crippen LogP contribution in [0.4, 0.5) is 0 Å². The number of thiazole rings is 1. The molecular weight excluding hydrogens is 328 g/mol. The predicted molar refractivity (Wildman–Crippen MR) is 87.8 cm³/mol. The molecule has 2 aromatic rings. The number of hydrogen-bond acceptors (Lipinski definition) is 5. The lowest BCUT2D eigenvalue weighted by Gasteiger charge is -2.32. The Labute approximate surface area is 143 Å². The highest BCUT2D eigenvalue weighted by Crippen LogP contribution is 2.41. The normalized spacial score (nSPS) is 26.3. The van der Waals surface area contributed by atoms with Crippen LogP contribution in [-0.2, 0) is 4.79 Å². The number of carboxylic acids is 1. The third kappa shape index (κ3) is 2.53. The van der Waals surface area contributed by atoms with E-state index in [9.17, 15) is 14.7 Å². The second kappa shape index (κ2) is 6.05. The standard InChI is InChI=1S/C17H18N2O4S/c20-16(14-8-18-15(24-14)11-5-6-23-9-11)19-12-4-2-1-3-10(12)7-13(19)17(21)22/h5-6,8-10,12-13H,1-4,7H2,(H,21,22)/t10-,12-,13-/m0/s1. The second-order valence-electron chi connectivity index (χ2n) is 6.46. The highest BCUT2D eigenvalue weighted by atomic mass is 32.1. The molecule has 2 fully saturated rings. The van der Waals surface area contributed by atoms with Crippen molar-refractivity contribution in [3.8, 4) is 10.6 Å². The maximum Gasteiger partial charge on any atom is 0.326 e. The van der Waals surface area contributed by atoms with Gasteiger partial charge in [-0.3, -0.25) is 4.79 Å². The number of likely N-dealkylation sites (tertiary alicyclic amines) is 1. The summed E-state index contributed by atoms with van der Waals surface area (Å²) < 4.78 is 5.05. The van der Waals surface area contributed by atoms with E-state index in [-0.39, 0.29) is 11.9 Å². The SMILES string of the molecule is O=C(O)[C@@H]1C[C@@H]2CCCC[C@@H]2N1C(=O)c1cnc(-c2ccoc2)s1. The first-order valence-electron chi connectivity index (χ1n) is 8.19. The maximum absolute atomic E-state index is 13.0. The highest BCUT2D eigenvalue weighted by molar-refractivity contribution is 7.16. The predicted octanol–water partition coefficient (Wildman–Crippen LogP) is 3.26. The zero-order valence-electron chi connectivity index (χ0n) is 13.1. The minimum atomic E-state index is -0.905. The average molecular weight is 346 g/mol. The summed E-state index contributed by atoms with van der Waals surface area (Å²) in [6.45, 7) is 0. The van der Waals surface area contributed by atoms with Gasteiger partial charge in [-0.15, -0.1) is 11.3 Å². The third-order valence-corrected chi connectivity index (χ3v) is 6.13. The fourth-order valence-corrected chi connectivity index (χ4v) is 4.84. The molecular formula is C17H18N2O4S. The van der Waals surface area contributed by atoms with Gasteiger partial charge in [0.2, 0.25) is 0 Å². The fraction of sp³-hybridized carbons (Fsp3) is 0.471. The Bertz CT molecular complexity index is 754. The van der Waals surface area contributed by atoms with Gasteiger partial charge in [-0.25, -0.2) is 9.78 Å². The lowest BCUT2D eigenvalue weighted by Crippen LogP contribution is -2.46. The molecule has 1 amide bonds. The summed E-state index contributed by atoms with van der Waals surface area (Å²) in [4.78, 5) is 31.1. The van der Waals surface area contributed by atoms with Gasteiger partial charge in [-0.2, -0.15) is 0 Å². The number of carbonyl (C=O) groups excluding carboxylic acids is 1. The summed E-state index contributed by atoms with van der Waals surface area (Å²) in [5, 5.41) is 10.3. The molecule has 1 saturated heterocycles. The van der Waals surface area contributed by atoms with Crippen LogP contribution in [0.5, 0.6) is 0 Å². The summed E-state index contributed by atoms with van der Waals surface area (Å²) in [5.41, 5.74) is 0.825. The van der Waals surface area contributed by atoms with Crippen LogP contribution in [0.2, 0.25) is 0 Å². The number of aliphatic carboxylic acids is 1. The van der Waals surface area contributed by atoms with Gasteiger partial charge in [0, 0.05) is 11.6 Å². The molecule has 0 unspecified atom stereocenters. The molecule has 0 bridgehead atoms. The first kappa shape index (κ1) is 15.4. The summed E-state index contributed by atoms with van der Waals surface area (Å²) in [6, 6.07) is 1.12. The van der Waals surface area contributed by atoms with Gasteiger partial charge in [-0.05, 0) is 31.2 Å². The minimum Gasteiger partial charge on any atom is -0.480 e. The van der Waals surface area contributed by atoms with Crippen molar-refractivity contribution in [2.75, 3.05) is 0 Å². The molecule has 1 aliphatic carbocycles. The zero-order chi connectivity index (χ0) is 16.7. The molecule has 126 valence electrons. The molecule has 2 aromatic heterocycles. The molecule has 3 heterocycles. The first-order chi connectivity index (χ1) is 11.6. The van der Waals surface area contributed by atoms with Crippen LogP contribution in [0.25, 0.3) is 10.6 Å². The van der Waals surface area contributed by atoms with Crippen molar-refractivity contribution in [1.82, 2.24) is 9.88 Å². The van der Waals surface area contributed by atoms with Gasteiger partial charge >= 0.3 is 5.97 Å². The van der Waals surface area contributed by atoms with Crippen LogP contribution >= 0.6 is 11.3 Å². The van der Waals surface area contributed by atoms with Crippen LogP contribution in [0.15, 0.2) is 29.2 Å². The van der Waals surface area contributed by atoms with E-state index in [0.29, 0.717) is 22.2 Å². The molecule has 4 rings (SSSR count). The van der Waals surface area contributed by atoms with Crippen molar-refractivity contribution in [2.45, 2.75) is 44.2 Å².